The summed E-state index contributed by atoms with van der Waals surface area (Å²) < 4.78 is 5.84. The third-order valence-electron chi connectivity index (χ3n) is 4.13. The molecule has 0 aromatic carbocycles. The van der Waals surface area contributed by atoms with Gasteiger partial charge in [-0.25, -0.2) is 9.78 Å². The van der Waals surface area contributed by atoms with Gasteiger partial charge in [-0.05, 0) is 31.2 Å². The Hall–Kier alpha value is -1.43. The Bertz CT molecular complexity index is 483. The molecule has 0 atom stereocenters. The maximum Gasteiger partial charge on any atom is 0.317 e. The van der Waals surface area contributed by atoms with Crippen molar-refractivity contribution in [1.29, 1.82) is 0 Å². The third kappa shape index (κ3) is 4.29. The molecule has 1 N–H and O–H groups in total. The van der Waals surface area contributed by atoms with Crippen molar-refractivity contribution in [2.75, 3.05) is 24.6 Å². The van der Waals surface area contributed by atoms with Crippen LogP contribution in [0.5, 0.6) is 5.88 Å². The Morgan fingerprint density at radius 2 is 2.09 bits per heavy atom. The van der Waals surface area contributed by atoms with Crippen LogP contribution in [0.2, 0.25) is 0 Å². The third-order valence-corrected chi connectivity index (χ3v) is 5.07. The molecule has 2 amide bonds. The van der Waals surface area contributed by atoms with E-state index >= 15 is 0 Å². The highest BCUT2D eigenvalue weighted by molar-refractivity contribution is 7.99. The number of aromatic nitrogens is 1. The van der Waals surface area contributed by atoms with Crippen molar-refractivity contribution in [3.8, 4) is 5.88 Å². The molecule has 2 aliphatic rings. The van der Waals surface area contributed by atoms with E-state index in [-0.39, 0.29) is 6.03 Å². The number of pyridine rings is 1. The van der Waals surface area contributed by atoms with E-state index < -0.39 is 0 Å². The van der Waals surface area contributed by atoms with Crippen LogP contribution in [-0.2, 0) is 6.54 Å². The Morgan fingerprint density at radius 1 is 1.32 bits per heavy atom. The molecule has 0 radical (unpaired) electrons. The van der Waals surface area contributed by atoms with E-state index in [4.69, 9.17) is 4.74 Å². The molecule has 3 rings (SSSR count). The van der Waals surface area contributed by atoms with Gasteiger partial charge in [0.25, 0.3) is 0 Å². The van der Waals surface area contributed by atoms with Gasteiger partial charge in [-0.1, -0.05) is 6.07 Å². The smallest absolute Gasteiger partial charge is 0.317 e. The van der Waals surface area contributed by atoms with Crippen molar-refractivity contribution in [1.82, 2.24) is 15.2 Å². The van der Waals surface area contributed by atoms with E-state index in [1.54, 1.807) is 6.20 Å². The van der Waals surface area contributed by atoms with Crippen molar-refractivity contribution < 1.29 is 9.53 Å². The van der Waals surface area contributed by atoms with Crippen molar-refractivity contribution >= 4 is 17.8 Å². The lowest BCUT2D eigenvalue weighted by Crippen LogP contribution is -2.44. The number of ether oxygens (including phenoxy) is 1. The molecule has 1 aliphatic heterocycles. The average Bonchev–Trinajstić information content (AvgIpc) is 3.08. The number of carbonyl (C=O) groups excluding carboxylic acids is 1. The highest BCUT2D eigenvalue weighted by atomic mass is 32.2. The fourth-order valence-electron chi connectivity index (χ4n) is 2.82. The Labute approximate surface area is 135 Å². The van der Waals surface area contributed by atoms with Crippen LogP contribution < -0.4 is 10.1 Å². The number of carbonyl (C=O) groups is 1. The largest absolute Gasteiger partial charge is 0.474 e. The second kappa shape index (κ2) is 7.72. The topological polar surface area (TPSA) is 54.5 Å². The van der Waals surface area contributed by atoms with Crippen LogP contribution in [0.15, 0.2) is 18.3 Å². The van der Waals surface area contributed by atoms with Crippen LogP contribution >= 0.6 is 11.8 Å². The number of nitrogens with one attached hydrogen (secondary N) is 1. The minimum atomic E-state index is 0.0200. The molecule has 6 heteroatoms. The van der Waals surface area contributed by atoms with Gasteiger partial charge in [-0.2, -0.15) is 11.8 Å². The van der Waals surface area contributed by atoms with Crippen LogP contribution in [0.3, 0.4) is 0 Å². The Balaban J connectivity index is 1.45. The molecule has 0 spiro atoms. The van der Waals surface area contributed by atoms with Crippen LogP contribution in [0.4, 0.5) is 4.79 Å². The maximum absolute atomic E-state index is 12.0. The fraction of sp³-hybridized carbons (Fsp3) is 0.625. The second-order valence-electron chi connectivity index (χ2n) is 5.79. The zero-order valence-corrected chi connectivity index (χ0v) is 13.6. The molecule has 2 heterocycles. The van der Waals surface area contributed by atoms with Gasteiger partial charge >= 0.3 is 6.03 Å². The van der Waals surface area contributed by atoms with Gasteiger partial charge in [0.1, 0.15) is 6.10 Å². The van der Waals surface area contributed by atoms with Gasteiger partial charge in [0.2, 0.25) is 5.88 Å². The number of rotatable bonds is 4. The summed E-state index contributed by atoms with van der Waals surface area (Å²) in [5.41, 5.74) is 0.999. The first kappa shape index (κ1) is 15.5. The molecular formula is C16H23N3O2S. The first-order chi connectivity index (χ1) is 10.8. The zero-order valence-electron chi connectivity index (χ0n) is 12.8. The Kier molecular flexibility index (Phi) is 5.43. The fourth-order valence-corrected chi connectivity index (χ4v) is 3.72. The first-order valence-corrected chi connectivity index (χ1v) is 9.19. The van der Waals surface area contributed by atoms with E-state index in [2.05, 4.69) is 10.3 Å². The second-order valence-corrected chi connectivity index (χ2v) is 7.01. The molecule has 0 unspecified atom stereocenters. The monoisotopic (exact) mass is 321 g/mol. The summed E-state index contributed by atoms with van der Waals surface area (Å²) in [6, 6.07) is 3.90. The van der Waals surface area contributed by atoms with Gasteiger partial charge in [0.05, 0.1) is 0 Å². The highest BCUT2D eigenvalue weighted by Gasteiger charge is 2.17. The van der Waals surface area contributed by atoms with E-state index in [1.165, 1.54) is 12.8 Å². The standard InChI is InChI=1S/C16H23N3O2S/c20-16(19-7-9-22-10-8-19)18-12-13-5-6-15(17-11-13)21-14-3-1-2-4-14/h5-6,11,14H,1-4,7-10,12H2,(H,18,20). The van der Waals surface area contributed by atoms with Crippen LogP contribution in [0, 0.1) is 0 Å². The van der Waals surface area contributed by atoms with Gasteiger partial charge in [0, 0.05) is 43.4 Å². The first-order valence-electron chi connectivity index (χ1n) is 8.03. The summed E-state index contributed by atoms with van der Waals surface area (Å²) in [7, 11) is 0. The summed E-state index contributed by atoms with van der Waals surface area (Å²) in [6.45, 7) is 2.19. The van der Waals surface area contributed by atoms with Crippen molar-refractivity contribution in [3.63, 3.8) is 0 Å². The quantitative estimate of drug-likeness (QED) is 0.926. The summed E-state index contributed by atoms with van der Waals surface area (Å²) in [5, 5.41) is 2.96. The van der Waals surface area contributed by atoms with Gasteiger partial charge < -0.3 is 15.0 Å². The molecule has 0 bridgehead atoms. The zero-order chi connectivity index (χ0) is 15.2. The van der Waals surface area contributed by atoms with Crippen LogP contribution in [0.25, 0.3) is 0 Å². The summed E-state index contributed by atoms with van der Waals surface area (Å²) >= 11 is 1.90. The molecule has 22 heavy (non-hydrogen) atoms. The van der Waals surface area contributed by atoms with Crippen molar-refractivity contribution in [3.05, 3.63) is 23.9 Å². The molecule has 1 saturated heterocycles. The van der Waals surface area contributed by atoms with Crippen molar-refractivity contribution in [2.45, 2.75) is 38.3 Å². The van der Waals surface area contributed by atoms with E-state index in [0.29, 0.717) is 18.5 Å². The number of amides is 2. The maximum atomic E-state index is 12.0. The van der Waals surface area contributed by atoms with E-state index in [9.17, 15) is 4.79 Å². The minimum absolute atomic E-state index is 0.0200. The molecule has 1 aliphatic carbocycles. The van der Waals surface area contributed by atoms with Crippen LogP contribution in [-0.4, -0.2) is 46.6 Å². The SMILES string of the molecule is O=C(NCc1ccc(OC2CCCC2)nc1)N1CCSCC1. The lowest BCUT2D eigenvalue weighted by molar-refractivity contribution is 0.201. The average molecular weight is 321 g/mol. The lowest BCUT2D eigenvalue weighted by Gasteiger charge is -2.26. The predicted octanol–water partition coefficient (Wildman–Crippen LogP) is 2.66. The van der Waals surface area contributed by atoms with Gasteiger partial charge in [0.15, 0.2) is 0 Å². The molecular weight excluding hydrogens is 298 g/mol. The van der Waals surface area contributed by atoms with Gasteiger partial charge in [-0.3, -0.25) is 0 Å². The molecule has 5 nitrogen and oxygen atoms in total. The number of thioether (sulfide) groups is 1. The number of hydrogen-bond donors (Lipinski definition) is 1. The molecule has 2 fully saturated rings. The molecule has 1 aromatic rings. The van der Waals surface area contributed by atoms with Crippen molar-refractivity contribution in [2.24, 2.45) is 0 Å². The van der Waals surface area contributed by atoms with E-state index in [0.717, 1.165) is 43.0 Å². The minimum Gasteiger partial charge on any atom is -0.474 e. The summed E-state index contributed by atoms with van der Waals surface area (Å²) in [6.07, 6.45) is 6.89. The predicted molar refractivity (Wildman–Crippen MR) is 88.3 cm³/mol. The Morgan fingerprint density at radius 3 is 2.77 bits per heavy atom. The summed E-state index contributed by atoms with van der Waals surface area (Å²) in [5.74, 6) is 2.75. The number of urea groups is 1. The van der Waals surface area contributed by atoms with Gasteiger partial charge in [-0.15, -0.1) is 0 Å². The highest BCUT2D eigenvalue weighted by Crippen LogP contribution is 2.22. The molecule has 120 valence electrons. The number of hydrogen-bond acceptors (Lipinski definition) is 4. The molecule has 1 saturated carbocycles. The normalized spacial score (nSPS) is 19.2. The lowest BCUT2D eigenvalue weighted by atomic mass is 10.3. The summed E-state index contributed by atoms with van der Waals surface area (Å²) in [4.78, 5) is 18.2. The van der Waals surface area contributed by atoms with Crippen LogP contribution in [0.1, 0.15) is 31.2 Å². The number of nitrogens with zero attached hydrogens (tertiary/aromatic N) is 2. The van der Waals surface area contributed by atoms with E-state index in [1.807, 2.05) is 28.8 Å². The molecule has 1 aromatic heterocycles.